The van der Waals surface area contributed by atoms with E-state index >= 15 is 0 Å². The third-order valence-corrected chi connectivity index (χ3v) is 6.11. The standard InChI is InChI=1S/C21H28N4O3/c1-24(11-14-7-9-22-10-8-14)12-15-3-2-4-16-13-25(21(28)19(15)16)17-5-6-18(26)23-20(17)27/h2-4,14,17,22H,5-13H2,1H3,(H,23,26,27). The van der Waals surface area contributed by atoms with E-state index in [1.807, 2.05) is 18.2 Å². The van der Waals surface area contributed by atoms with Gasteiger partial charge in [0.1, 0.15) is 6.04 Å². The average molecular weight is 384 g/mol. The van der Waals surface area contributed by atoms with Crippen molar-refractivity contribution in [3.8, 4) is 0 Å². The molecule has 2 fully saturated rings. The molecule has 0 spiro atoms. The fourth-order valence-electron chi connectivity index (χ4n) is 4.68. The van der Waals surface area contributed by atoms with Gasteiger partial charge in [0, 0.05) is 31.6 Å². The first-order valence-electron chi connectivity index (χ1n) is 10.2. The van der Waals surface area contributed by atoms with Crippen molar-refractivity contribution in [2.24, 2.45) is 5.92 Å². The minimum absolute atomic E-state index is 0.0876. The molecule has 28 heavy (non-hydrogen) atoms. The summed E-state index contributed by atoms with van der Waals surface area (Å²) in [5.41, 5.74) is 2.74. The van der Waals surface area contributed by atoms with Crippen LogP contribution in [0.4, 0.5) is 0 Å². The molecule has 2 N–H and O–H groups in total. The Hall–Kier alpha value is -2.25. The van der Waals surface area contributed by atoms with E-state index < -0.39 is 6.04 Å². The van der Waals surface area contributed by atoms with E-state index in [4.69, 9.17) is 0 Å². The number of imide groups is 1. The molecule has 3 aliphatic rings. The van der Waals surface area contributed by atoms with E-state index in [0.717, 1.165) is 42.9 Å². The summed E-state index contributed by atoms with van der Waals surface area (Å²) in [6, 6.07) is 5.42. The van der Waals surface area contributed by atoms with Crippen LogP contribution in [0.2, 0.25) is 0 Å². The van der Waals surface area contributed by atoms with Crippen molar-refractivity contribution in [2.75, 3.05) is 26.7 Å². The number of amides is 3. The number of hydrogen-bond acceptors (Lipinski definition) is 5. The van der Waals surface area contributed by atoms with Gasteiger partial charge in [-0.25, -0.2) is 0 Å². The van der Waals surface area contributed by atoms with Crippen LogP contribution >= 0.6 is 0 Å². The Morgan fingerprint density at radius 1 is 1.14 bits per heavy atom. The molecule has 0 radical (unpaired) electrons. The van der Waals surface area contributed by atoms with E-state index in [0.29, 0.717) is 18.9 Å². The Bertz CT molecular complexity index is 788. The largest absolute Gasteiger partial charge is 0.322 e. The van der Waals surface area contributed by atoms with Gasteiger partial charge in [-0.3, -0.25) is 19.7 Å². The van der Waals surface area contributed by atoms with Crippen LogP contribution in [0.5, 0.6) is 0 Å². The first kappa shape index (κ1) is 19.1. The van der Waals surface area contributed by atoms with Crippen LogP contribution in [0.25, 0.3) is 0 Å². The highest BCUT2D eigenvalue weighted by Crippen LogP contribution is 2.30. The summed E-state index contributed by atoms with van der Waals surface area (Å²) in [6.45, 7) is 4.35. The molecule has 3 aliphatic heterocycles. The van der Waals surface area contributed by atoms with Crippen LogP contribution in [0.3, 0.4) is 0 Å². The average Bonchev–Trinajstić information content (AvgIpc) is 3.00. The van der Waals surface area contributed by atoms with Gasteiger partial charge in [0.05, 0.1) is 0 Å². The molecule has 0 bridgehead atoms. The normalized spacial score (nSPS) is 23.3. The number of rotatable bonds is 5. The summed E-state index contributed by atoms with van der Waals surface area (Å²) in [5, 5.41) is 5.76. The van der Waals surface area contributed by atoms with Gasteiger partial charge < -0.3 is 15.1 Å². The van der Waals surface area contributed by atoms with Gasteiger partial charge in [-0.1, -0.05) is 18.2 Å². The third kappa shape index (κ3) is 3.82. The van der Waals surface area contributed by atoms with Crippen molar-refractivity contribution < 1.29 is 14.4 Å². The topological polar surface area (TPSA) is 81.8 Å². The lowest BCUT2D eigenvalue weighted by atomic mass is 9.97. The van der Waals surface area contributed by atoms with E-state index in [1.165, 1.54) is 12.8 Å². The second kappa shape index (κ2) is 8.01. The first-order valence-corrected chi connectivity index (χ1v) is 10.2. The lowest BCUT2D eigenvalue weighted by Crippen LogP contribution is -2.52. The Morgan fingerprint density at radius 2 is 1.93 bits per heavy atom. The van der Waals surface area contributed by atoms with Crippen LogP contribution in [0, 0.1) is 5.92 Å². The molecule has 1 aromatic carbocycles. The molecule has 0 aliphatic carbocycles. The summed E-state index contributed by atoms with van der Waals surface area (Å²) >= 11 is 0. The van der Waals surface area contributed by atoms with Gasteiger partial charge in [-0.2, -0.15) is 0 Å². The number of fused-ring (bicyclic) bond motifs is 1. The second-order valence-electron chi connectivity index (χ2n) is 8.24. The van der Waals surface area contributed by atoms with Gasteiger partial charge in [-0.15, -0.1) is 0 Å². The smallest absolute Gasteiger partial charge is 0.255 e. The number of carbonyl (C=O) groups is 3. The molecule has 1 unspecified atom stereocenters. The van der Waals surface area contributed by atoms with Crippen LogP contribution in [-0.4, -0.2) is 60.2 Å². The molecule has 0 aromatic heterocycles. The molecular formula is C21H28N4O3. The Kier molecular flexibility index (Phi) is 5.46. The van der Waals surface area contributed by atoms with Gasteiger partial charge in [0.2, 0.25) is 11.8 Å². The molecule has 7 heteroatoms. The minimum atomic E-state index is -0.557. The zero-order valence-corrected chi connectivity index (χ0v) is 16.4. The number of nitrogens with one attached hydrogen (secondary N) is 2. The van der Waals surface area contributed by atoms with Crippen molar-refractivity contribution in [1.29, 1.82) is 0 Å². The molecular weight excluding hydrogens is 356 g/mol. The number of carbonyl (C=O) groups excluding carboxylic acids is 3. The van der Waals surface area contributed by atoms with E-state index in [2.05, 4.69) is 22.6 Å². The van der Waals surface area contributed by atoms with Crippen LogP contribution < -0.4 is 10.6 Å². The molecule has 150 valence electrons. The molecule has 1 atom stereocenters. The van der Waals surface area contributed by atoms with Crippen molar-refractivity contribution in [3.63, 3.8) is 0 Å². The Morgan fingerprint density at radius 3 is 2.68 bits per heavy atom. The molecule has 4 rings (SSSR count). The summed E-state index contributed by atoms with van der Waals surface area (Å²) in [7, 11) is 2.11. The summed E-state index contributed by atoms with van der Waals surface area (Å²) in [6.07, 6.45) is 3.07. The van der Waals surface area contributed by atoms with Crippen LogP contribution in [-0.2, 0) is 22.7 Å². The fraction of sp³-hybridized carbons (Fsp3) is 0.571. The number of nitrogens with zero attached hydrogens (tertiary/aromatic N) is 2. The number of hydrogen-bond donors (Lipinski definition) is 2. The van der Waals surface area contributed by atoms with Gasteiger partial charge >= 0.3 is 0 Å². The monoisotopic (exact) mass is 384 g/mol. The van der Waals surface area contributed by atoms with Crippen molar-refractivity contribution in [2.45, 2.75) is 44.8 Å². The zero-order valence-electron chi connectivity index (χ0n) is 16.4. The van der Waals surface area contributed by atoms with E-state index in [-0.39, 0.29) is 24.1 Å². The Balaban J connectivity index is 1.47. The van der Waals surface area contributed by atoms with Gasteiger partial charge in [-0.05, 0) is 56.4 Å². The first-order chi connectivity index (χ1) is 13.5. The summed E-state index contributed by atoms with van der Waals surface area (Å²) < 4.78 is 0. The lowest BCUT2D eigenvalue weighted by Gasteiger charge is -2.29. The van der Waals surface area contributed by atoms with E-state index in [1.54, 1.807) is 4.90 Å². The second-order valence-corrected chi connectivity index (χ2v) is 8.24. The number of piperidine rings is 2. The molecule has 2 saturated heterocycles. The highest BCUT2D eigenvalue weighted by molar-refractivity contribution is 6.05. The molecule has 0 saturated carbocycles. The minimum Gasteiger partial charge on any atom is -0.322 e. The highest BCUT2D eigenvalue weighted by Gasteiger charge is 2.40. The maximum Gasteiger partial charge on any atom is 0.255 e. The lowest BCUT2D eigenvalue weighted by molar-refractivity contribution is -0.136. The Labute approximate surface area is 165 Å². The third-order valence-electron chi connectivity index (χ3n) is 6.11. The maximum atomic E-state index is 13.1. The van der Waals surface area contributed by atoms with Crippen molar-refractivity contribution in [3.05, 3.63) is 34.9 Å². The van der Waals surface area contributed by atoms with Gasteiger partial charge in [0.25, 0.3) is 5.91 Å². The molecule has 3 amide bonds. The SMILES string of the molecule is CN(Cc1cccc2c1C(=O)N(C1CCC(=O)NC1=O)C2)CC1CCNCC1. The van der Waals surface area contributed by atoms with E-state index in [9.17, 15) is 14.4 Å². The number of benzene rings is 1. The molecule has 3 heterocycles. The van der Waals surface area contributed by atoms with Gasteiger partial charge in [0.15, 0.2) is 0 Å². The molecule has 7 nitrogen and oxygen atoms in total. The fourth-order valence-corrected chi connectivity index (χ4v) is 4.68. The predicted octanol–water partition coefficient (Wildman–Crippen LogP) is 0.879. The summed E-state index contributed by atoms with van der Waals surface area (Å²) in [5.74, 6) is -0.0123. The van der Waals surface area contributed by atoms with Crippen LogP contribution in [0.15, 0.2) is 18.2 Å². The maximum absolute atomic E-state index is 13.1. The van der Waals surface area contributed by atoms with Crippen molar-refractivity contribution >= 4 is 17.7 Å². The predicted molar refractivity (Wildman–Crippen MR) is 104 cm³/mol. The van der Waals surface area contributed by atoms with Crippen LogP contribution in [0.1, 0.15) is 47.2 Å². The van der Waals surface area contributed by atoms with Crippen molar-refractivity contribution in [1.82, 2.24) is 20.4 Å². The zero-order chi connectivity index (χ0) is 19.7. The molecule has 1 aromatic rings. The highest BCUT2D eigenvalue weighted by atomic mass is 16.2. The quantitative estimate of drug-likeness (QED) is 0.737. The summed E-state index contributed by atoms with van der Waals surface area (Å²) in [4.78, 5) is 40.7.